The molecule has 0 saturated carbocycles. The Balaban J connectivity index is 2.67. The van der Waals surface area contributed by atoms with Gasteiger partial charge in [0.2, 0.25) is 5.91 Å². The second kappa shape index (κ2) is 4.82. The van der Waals surface area contributed by atoms with Crippen molar-refractivity contribution in [2.75, 3.05) is 19.6 Å². The highest BCUT2D eigenvalue weighted by molar-refractivity contribution is 5.83. The number of hydrogen-bond donors (Lipinski definition) is 2. The van der Waals surface area contributed by atoms with E-state index in [0.717, 1.165) is 6.42 Å². The molecule has 1 heterocycles. The van der Waals surface area contributed by atoms with Gasteiger partial charge in [-0.15, -0.1) is 0 Å². The molecule has 0 aromatic heterocycles. The number of amides is 1. The fraction of sp³-hybridized carbons (Fsp3) is 0.818. The van der Waals surface area contributed by atoms with Gasteiger partial charge in [-0.25, -0.2) is 0 Å². The van der Waals surface area contributed by atoms with Crippen LogP contribution in [0.1, 0.15) is 26.7 Å². The summed E-state index contributed by atoms with van der Waals surface area (Å²) in [6.07, 6.45) is 1.41. The third kappa shape index (κ3) is 2.72. The minimum absolute atomic E-state index is 0.0408. The molecule has 5 nitrogen and oxygen atoms in total. The molecule has 0 radical (unpaired) electrons. The third-order valence-corrected chi connectivity index (χ3v) is 3.15. The molecule has 0 bridgehead atoms. The van der Waals surface area contributed by atoms with Crippen molar-refractivity contribution in [3.63, 3.8) is 0 Å². The van der Waals surface area contributed by atoms with Crippen molar-refractivity contribution >= 4 is 11.9 Å². The first kappa shape index (κ1) is 13.0. The minimum atomic E-state index is -0.817. The van der Waals surface area contributed by atoms with Crippen molar-refractivity contribution in [3.8, 4) is 0 Å². The zero-order valence-corrected chi connectivity index (χ0v) is 9.90. The van der Waals surface area contributed by atoms with E-state index in [1.54, 1.807) is 18.7 Å². The SMILES string of the molecule is CC(C)(CN)C(=O)N1CCCC(C(=O)O)C1. The fourth-order valence-corrected chi connectivity index (χ4v) is 1.88. The second-order valence-corrected chi connectivity index (χ2v) is 5.02. The van der Waals surface area contributed by atoms with Crippen molar-refractivity contribution in [1.29, 1.82) is 0 Å². The van der Waals surface area contributed by atoms with Crippen molar-refractivity contribution in [1.82, 2.24) is 4.90 Å². The highest BCUT2D eigenvalue weighted by Gasteiger charge is 2.35. The molecule has 1 aliphatic rings. The Morgan fingerprint density at radius 2 is 2.12 bits per heavy atom. The van der Waals surface area contributed by atoms with Crippen LogP contribution in [-0.2, 0) is 9.59 Å². The van der Waals surface area contributed by atoms with E-state index in [2.05, 4.69) is 0 Å². The number of carboxylic acid groups (broad SMARTS) is 1. The van der Waals surface area contributed by atoms with Gasteiger partial charge >= 0.3 is 5.97 Å². The lowest BCUT2D eigenvalue weighted by Gasteiger charge is -2.35. The van der Waals surface area contributed by atoms with E-state index < -0.39 is 17.3 Å². The molecule has 0 spiro atoms. The average molecular weight is 228 g/mol. The number of carboxylic acids is 1. The molecule has 3 N–H and O–H groups in total. The van der Waals surface area contributed by atoms with E-state index in [9.17, 15) is 9.59 Å². The van der Waals surface area contributed by atoms with Gasteiger partial charge in [-0.1, -0.05) is 0 Å². The highest BCUT2D eigenvalue weighted by Crippen LogP contribution is 2.23. The molecular weight excluding hydrogens is 208 g/mol. The van der Waals surface area contributed by atoms with Gasteiger partial charge < -0.3 is 15.7 Å². The van der Waals surface area contributed by atoms with Crippen molar-refractivity contribution < 1.29 is 14.7 Å². The number of nitrogens with two attached hydrogens (primary N) is 1. The number of carbonyl (C=O) groups excluding carboxylic acids is 1. The van der Waals surface area contributed by atoms with Gasteiger partial charge in [0, 0.05) is 19.6 Å². The second-order valence-electron chi connectivity index (χ2n) is 5.02. The Morgan fingerprint density at radius 3 is 2.62 bits per heavy atom. The molecule has 0 aromatic carbocycles. The number of hydrogen-bond acceptors (Lipinski definition) is 3. The summed E-state index contributed by atoms with van der Waals surface area (Å²) in [4.78, 5) is 24.6. The molecule has 1 atom stereocenters. The van der Waals surface area contributed by atoms with Gasteiger partial charge in [-0.2, -0.15) is 0 Å². The number of aliphatic carboxylic acids is 1. The first-order chi connectivity index (χ1) is 7.38. The molecule has 0 aromatic rings. The van der Waals surface area contributed by atoms with Gasteiger partial charge in [-0.05, 0) is 26.7 Å². The van der Waals surface area contributed by atoms with Crippen molar-refractivity contribution in [2.45, 2.75) is 26.7 Å². The van der Waals surface area contributed by atoms with Crippen molar-refractivity contribution in [2.24, 2.45) is 17.1 Å². The summed E-state index contributed by atoms with van der Waals surface area (Å²) in [5.41, 5.74) is 4.95. The number of piperidine rings is 1. The Kier molecular flexibility index (Phi) is 3.91. The van der Waals surface area contributed by atoms with Gasteiger partial charge in [0.15, 0.2) is 0 Å². The first-order valence-corrected chi connectivity index (χ1v) is 5.60. The van der Waals surface area contributed by atoms with Crippen LogP contribution in [-0.4, -0.2) is 41.5 Å². The molecule has 1 aliphatic heterocycles. The van der Waals surface area contributed by atoms with Crippen LogP contribution in [0.2, 0.25) is 0 Å². The molecule has 1 rings (SSSR count). The Morgan fingerprint density at radius 1 is 1.50 bits per heavy atom. The summed E-state index contributed by atoms with van der Waals surface area (Å²) in [5.74, 6) is -1.28. The molecule has 1 amide bonds. The van der Waals surface area contributed by atoms with E-state index in [4.69, 9.17) is 10.8 Å². The van der Waals surface area contributed by atoms with Crippen molar-refractivity contribution in [3.05, 3.63) is 0 Å². The van der Waals surface area contributed by atoms with Crippen LogP contribution < -0.4 is 5.73 Å². The fourth-order valence-electron chi connectivity index (χ4n) is 1.88. The lowest BCUT2D eigenvalue weighted by Crippen LogP contribution is -2.49. The number of nitrogens with zero attached hydrogens (tertiary/aromatic N) is 1. The Bertz CT molecular complexity index is 289. The molecule has 1 saturated heterocycles. The lowest BCUT2D eigenvalue weighted by molar-refractivity contribution is -0.148. The zero-order chi connectivity index (χ0) is 12.3. The smallest absolute Gasteiger partial charge is 0.308 e. The Hall–Kier alpha value is -1.10. The van der Waals surface area contributed by atoms with Crippen LogP contribution in [0.5, 0.6) is 0 Å². The molecule has 1 fully saturated rings. The maximum Gasteiger partial charge on any atom is 0.308 e. The third-order valence-electron chi connectivity index (χ3n) is 3.15. The van der Waals surface area contributed by atoms with Gasteiger partial charge in [0.05, 0.1) is 11.3 Å². The van der Waals surface area contributed by atoms with Crippen LogP contribution in [0, 0.1) is 11.3 Å². The predicted octanol–water partition coefficient (Wildman–Crippen LogP) is 0.295. The quantitative estimate of drug-likeness (QED) is 0.727. The Labute approximate surface area is 95.6 Å². The van der Waals surface area contributed by atoms with Gasteiger partial charge in [0.25, 0.3) is 0 Å². The summed E-state index contributed by atoms with van der Waals surface area (Å²) in [6, 6.07) is 0. The lowest BCUT2D eigenvalue weighted by atomic mass is 9.89. The van der Waals surface area contributed by atoms with E-state index in [1.165, 1.54) is 0 Å². The summed E-state index contributed by atoms with van der Waals surface area (Å²) in [6.45, 7) is 4.82. The molecule has 5 heteroatoms. The largest absolute Gasteiger partial charge is 0.481 e. The summed E-state index contributed by atoms with van der Waals surface area (Å²) in [5, 5.41) is 8.94. The molecule has 0 aliphatic carbocycles. The average Bonchev–Trinajstić information content (AvgIpc) is 2.28. The van der Waals surface area contributed by atoms with Crippen LogP contribution in [0.3, 0.4) is 0 Å². The molecule has 16 heavy (non-hydrogen) atoms. The van der Waals surface area contributed by atoms with E-state index in [-0.39, 0.29) is 12.5 Å². The van der Waals surface area contributed by atoms with E-state index in [0.29, 0.717) is 19.5 Å². The zero-order valence-electron chi connectivity index (χ0n) is 9.90. The normalized spacial score (nSPS) is 21.9. The van der Waals surface area contributed by atoms with Crippen LogP contribution >= 0.6 is 0 Å². The maximum atomic E-state index is 12.1. The summed E-state index contributed by atoms with van der Waals surface area (Å²) in [7, 11) is 0. The minimum Gasteiger partial charge on any atom is -0.481 e. The van der Waals surface area contributed by atoms with Gasteiger partial charge in [-0.3, -0.25) is 9.59 Å². The van der Waals surface area contributed by atoms with Crippen LogP contribution in [0.15, 0.2) is 0 Å². The van der Waals surface area contributed by atoms with Crippen LogP contribution in [0.4, 0.5) is 0 Å². The van der Waals surface area contributed by atoms with Gasteiger partial charge in [0.1, 0.15) is 0 Å². The predicted molar refractivity (Wildman–Crippen MR) is 59.8 cm³/mol. The first-order valence-electron chi connectivity index (χ1n) is 5.60. The molecule has 1 unspecified atom stereocenters. The monoisotopic (exact) mass is 228 g/mol. The summed E-state index contributed by atoms with van der Waals surface area (Å²) >= 11 is 0. The van der Waals surface area contributed by atoms with Crippen LogP contribution in [0.25, 0.3) is 0 Å². The number of carbonyl (C=O) groups is 2. The standard InChI is InChI=1S/C11H20N2O3/c1-11(2,7-12)10(16)13-5-3-4-8(6-13)9(14)15/h8H,3-7,12H2,1-2H3,(H,14,15). The van der Waals surface area contributed by atoms with E-state index in [1.807, 2.05) is 0 Å². The number of likely N-dealkylation sites (tertiary alicyclic amines) is 1. The highest BCUT2D eigenvalue weighted by atomic mass is 16.4. The summed E-state index contributed by atoms with van der Waals surface area (Å²) < 4.78 is 0. The topological polar surface area (TPSA) is 83.6 Å². The molecule has 92 valence electrons. The maximum absolute atomic E-state index is 12.1. The number of rotatable bonds is 3. The molecular formula is C11H20N2O3. The van der Waals surface area contributed by atoms with E-state index >= 15 is 0 Å².